The second-order valence-corrected chi connectivity index (χ2v) is 5.21. The molecule has 18 heavy (non-hydrogen) atoms. The largest absolute Gasteiger partial charge is 0.460 e. The molecule has 0 radical (unpaired) electrons. The van der Waals surface area contributed by atoms with Crippen molar-refractivity contribution in [2.75, 3.05) is 18.6 Å². The maximum absolute atomic E-state index is 9.00. The van der Waals surface area contributed by atoms with E-state index >= 15 is 0 Å². The molecule has 1 heterocycles. The number of benzene rings is 1. The highest BCUT2D eigenvalue weighted by atomic mass is 32.2. The van der Waals surface area contributed by atoms with E-state index in [1.807, 2.05) is 18.2 Å². The minimum atomic E-state index is 0.221. The van der Waals surface area contributed by atoms with Crippen molar-refractivity contribution in [2.45, 2.75) is 19.0 Å². The third-order valence-electron chi connectivity index (χ3n) is 2.89. The van der Waals surface area contributed by atoms with Gasteiger partial charge >= 0.3 is 0 Å². The van der Waals surface area contributed by atoms with Gasteiger partial charge in [-0.1, -0.05) is 18.2 Å². The van der Waals surface area contributed by atoms with Gasteiger partial charge < -0.3 is 14.8 Å². The number of thioether (sulfide) groups is 1. The molecule has 0 aliphatic heterocycles. The molecule has 2 N–H and O–H groups in total. The summed E-state index contributed by atoms with van der Waals surface area (Å²) in [6.45, 7) is 0.929. The standard InChI is InChI=1S/C14H19NO2S/c1-18-10-12(6-7-16)15-9-13-8-11-4-2-3-5-14(11)17-13/h2-5,8,12,15-16H,6-7,9-10H2,1H3. The average molecular weight is 265 g/mol. The van der Waals surface area contributed by atoms with E-state index in [0.29, 0.717) is 12.6 Å². The van der Waals surface area contributed by atoms with Gasteiger partial charge in [0, 0.05) is 23.8 Å². The number of rotatable bonds is 7. The lowest BCUT2D eigenvalue weighted by Gasteiger charge is -2.15. The zero-order valence-electron chi connectivity index (χ0n) is 10.6. The maximum Gasteiger partial charge on any atom is 0.134 e. The van der Waals surface area contributed by atoms with Crippen LogP contribution in [0.2, 0.25) is 0 Å². The fraction of sp³-hybridized carbons (Fsp3) is 0.429. The van der Waals surface area contributed by atoms with Crippen LogP contribution in [0.4, 0.5) is 0 Å². The molecule has 0 saturated heterocycles. The highest BCUT2D eigenvalue weighted by molar-refractivity contribution is 7.98. The summed E-state index contributed by atoms with van der Waals surface area (Å²) in [6.07, 6.45) is 2.86. The lowest BCUT2D eigenvalue weighted by Crippen LogP contribution is -2.31. The van der Waals surface area contributed by atoms with Crippen LogP contribution in [0.25, 0.3) is 11.0 Å². The van der Waals surface area contributed by atoms with E-state index in [-0.39, 0.29) is 6.61 Å². The van der Waals surface area contributed by atoms with Crippen LogP contribution in [-0.4, -0.2) is 29.8 Å². The summed E-state index contributed by atoms with van der Waals surface area (Å²) in [5, 5.41) is 13.6. The first-order valence-electron chi connectivity index (χ1n) is 6.14. The Bertz CT molecular complexity index is 444. The average Bonchev–Trinajstić information content (AvgIpc) is 2.79. The number of furan rings is 1. The van der Waals surface area contributed by atoms with E-state index in [9.17, 15) is 0 Å². The molecule has 1 atom stereocenters. The summed E-state index contributed by atoms with van der Waals surface area (Å²) in [7, 11) is 0. The molecule has 0 saturated carbocycles. The van der Waals surface area contributed by atoms with E-state index in [1.54, 1.807) is 11.8 Å². The lowest BCUT2D eigenvalue weighted by atomic mass is 10.2. The lowest BCUT2D eigenvalue weighted by molar-refractivity contribution is 0.268. The van der Waals surface area contributed by atoms with Gasteiger partial charge in [0.05, 0.1) is 6.54 Å². The normalized spacial score (nSPS) is 13.0. The van der Waals surface area contributed by atoms with E-state index in [2.05, 4.69) is 23.7 Å². The summed E-state index contributed by atoms with van der Waals surface area (Å²) in [5.41, 5.74) is 0.929. The Morgan fingerprint density at radius 2 is 2.22 bits per heavy atom. The van der Waals surface area contributed by atoms with E-state index in [0.717, 1.165) is 28.9 Å². The maximum atomic E-state index is 9.00. The number of aliphatic hydroxyl groups excluding tert-OH is 1. The zero-order valence-corrected chi connectivity index (χ0v) is 11.4. The number of nitrogens with one attached hydrogen (secondary N) is 1. The van der Waals surface area contributed by atoms with Crippen LogP contribution >= 0.6 is 11.8 Å². The minimum Gasteiger partial charge on any atom is -0.460 e. The van der Waals surface area contributed by atoms with Gasteiger partial charge in [-0.05, 0) is 24.8 Å². The van der Waals surface area contributed by atoms with Gasteiger partial charge in [-0.3, -0.25) is 0 Å². The van der Waals surface area contributed by atoms with Gasteiger partial charge in [0.1, 0.15) is 11.3 Å². The monoisotopic (exact) mass is 265 g/mol. The molecule has 1 aromatic heterocycles. The number of hydrogen-bond acceptors (Lipinski definition) is 4. The Morgan fingerprint density at radius 3 is 2.94 bits per heavy atom. The molecule has 0 bridgehead atoms. The third-order valence-corrected chi connectivity index (χ3v) is 3.62. The highest BCUT2D eigenvalue weighted by Crippen LogP contribution is 2.18. The molecule has 0 fully saturated rings. The van der Waals surface area contributed by atoms with Crippen molar-refractivity contribution >= 4 is 22.7 Å². The quantitative estimate of drug-likeness (QED) is 0.808. The molecule has 2 rings (SSSR count). The van der Waals surface area contributed by atoms with Crippen molar-refractivity contribution in [3.8, 4) is 0 Å². The van der Waals surface area contributed by atoms with Crippen LogP contribution in [0.1, 0.15) is 12.2 Å². The Labute approximate surface area is 112 Å². The summed E-state index contributed by atoms with van der Waals surface area (Å²) in [4.78, 5) is 0. The molecule has 3 nitrogen and oxygen atoms in total. The molecule has 1 unspecified atom stereocenters. The fourth-order valence-electron chi connectivity index (χ4n) is 1.97. The zero-order chi connectivity index (χ0) is 12.8. The number of aliphatic hydroxyl groups is 1. The van der Waals surface area contributed by atoms with Crippen LogP contribution in [0.15, 0.2) is 34.7 Å². The summed E-state index contributed by atoms with van der Waals surface area (Å²) in [6, 6.07) is 10.4. The minimum absolute atomic E-state index is 0.221. The summed E-state index contributed by atoms with van der Waals surface area (Å²) >= 11 is 1.79. The van der Waals surface area contributed by atoms with Crippen LogP contribution in [0.5, 0.6) is 0 Å². The van der Waals surface area contributed by atoms with Crippen molar-refractivity contribution in [1.82, 2.24) is 5.32 Å². The second-order valence-electron chi connectivity index (χ2n) is 4.30. The molecule has 0 spiro atoms. The topological polar surface area (TPSA) is 45.4 Å². The molecular weight excluding hydrogens is 246 g/mol. The number of fused-ring (bicyclic) bond motifs is 1. The van der Waals surface area contributed by atoms with Crippen molar-refractivity contribution in [3.63, 3.8) is 0 Å². The molecule has 0 aliphatic rings. The molecule has 4 heteroatoms. The Kier molecular flexibility index (Phi) is 5.11. The van der Waals surface area contributed by atoms with Gasteiger partial charge in [-0.2, -0.15) is 11.8 Å². The van der Waals surface area contributed by atoms with Crippen LogP contribution in [-0.2, 0) is 6.54 Å². The Morgan fingerprint density at radius 1 is 1.39 bits per heavy atom. The van der Waals surface area contributed by atoms with Crippen molar-refractivity contribution in [1.29, 1.82) is 0 Å². The number of hydrogen-bond donors (Lipinski definition) is 2. The SMILES string of the molecule is CSCC(CCO)NCc1cc2ccccc2o1. The van der Waals surface area contributed by atoms with Gasteiger partial charge in [-0.15, -0.1) is 0 Å². The first kappa shape index (κ1) is 13.5. The van der Waals surface area contributed by atoms with E-state index in [4.69, 9.17) is 9.52 Å². The molecular formula is C14H19NO2S. The van der Waals surface area contributed by atoms with E-state index in [1.165, 1.54) is 0 Å². The molecule has 0 aliphatic carbocycles. The van der Waals surface area contributed by atoms with Crippen LogP contribution in [0.3, 0.4) is 0 Å². The smallest absolute Gasteiger partial charge is 0.134 e. The second kappa shape index (κ2) is 6.83. The van der Waals surface area contributed by atoms with E-state index < -0.39 is 0 Å². The first-order valence-corrected chi connectivity index (χ1v) is 7.53. The predicted molar refractivity (Wildman–Crippen MR) is 76.9 cm³/mol. The predicted octanol–water partition coefficient (Wildman–Crippen LogP) is 2.64. The molecule has 0 amide bonds. The van der Waals surface area contributed by atoms with Crippen molar-refractivity contribution in [2.24, 2.45) is 0 Å². The van der Waals surface area contributed by atoms with Crippen LogP contribution < -0.4 is 5.32 Å². The van der Waals surface area contributed by atoms with Gasteiger partial charge in [0.25, 0.3) is 0 Å². The summed E-state index contributed by atoms with van der Waals surface area (Å²) < 4.78 is 5.74. The first-order chi connectivity index (χ1) is 8.83. The molecule has 98 valence electrons. The molecule has 2 aromatic rings. The Hall–Kier alpha value is -0.970. The molecule has 1 aromatic carbocycles. The van der Waals surface area contributed by atoms with Crippen molar-refractivity contribution in [3.05, 3.63) is 36.1 Å². The fourth-order valence-corrected chi connectivity index (χ4v) is 2.66. The third kappa shape index (κ3) is 3.51. The summed E-state index contributed by atoms with van der Waals surface area (Å²) in [5.74, 6) is 1.95. The van der Waals surface area contributed by atoms with Crippen molar-refractivity contribution < 1.29 is 9.52 Å². The number of para-hydroxylation sites is 1. The van der Waals surface area contributed by atoms with Gasteiger partial charge in [-0.25, -0.2) is 0 Å². The van der Waals surface area contributed by atoms with Gasteiger partial charge in [0.2, 0.25) is 0 Å². The van der Waals surface area contributed by atoms with Gasteiger partial charge in [0.15, 0.2) is 0 Å². The highest BCUT2D eigenvalue weighted by Gasteiger charge is 2.08. The van der Waals surface area contributed by atoms with Crippen LogP contribution in [0, 0.1) is 0 Å². The Balaban J connectivity index is 1.95.